The first-order valence-electron chi connectivity index (χ1n) is 7.71. The highest BCUT2D eigenvalue weighted by Crippen LogP contribution is 2.26. The number of furan rings is 1. The predicted molar refractivity (Wildman–Crippen MR) is 83.9 cm³/mol. The second kappa shape index (κ2) is 7.28. The van der Waals surface area contributed by atoms with Crippen LogP contribution in [0.15, 0.2) is 16.5 Å². The molecule has 1 amide bonds. The van der Waals surface area contributed by atoms with Crippen LogP contribution in [0.1, 0.15) is 55.3 Å². The number of rotatable bonds is 6. The Balaban J connectivity index is 1.89. The first-order chi connectivity index (χ1) is 10.4. The first kappa shape index (κ1) is 17.0. The quantitative estimate of drug-likeness (QED) is 0.836. The lowest BCUT2D eigenvalue weighted by molar-refractivity contribution is 0.0889. The molecule has 1 aliphatic carbocycles. The second-order valence-electron chi connectivity index (χ2n) is 5.97. The number of carbonyl (C=O) groups excluding carboxylic acids is 1. The van der Waals surface area contributed by atoms with E-state index in [4.69, 9.17) is 4.42 Å². The molecule has 0 aromatic carbocycles. The van der Waals surface area contributed by atoms with Gasteiger partial charge in [0.05, 0.1) is 12.8 Å². The van der Waals surface area contributed by atoms with E-state index in [9.17, 15) is 13.2 Å². The van der Waals surface area contributed by atoms with Crippen molar-refractivity contribution < 1.29 is 17.6 Å². The molecule has 124 valence electrons. The van der Waals surface area contributed by atoms with Crippen molar-refractivity contribution in [2.75, 3.05) is 6.26 Å². The molecule has 2 N–H and O–H groups in total. The topological polar surface area (TPSA) is 88.4 Å². The summed E-state index contributed by atoms with van der Waals surface area (Å²) >= 11 is 0. The fraction of sp³-hybridized carbons (Fsp3) is 0.667. The zero-order valence-corrected chi connectivity index (χ0v) is 13.9. The Labute approximate surface area is 131 Å². The Morgan fingerprint density at radius 2 is 2.14 bits per heavy atom. The second-order valence-corrected chi connectivity index (χ2v) is 7.80. The molecule has 1 saturated carbocycles. The maximum Gasteiger partial charge on any atom is 0.287 e. The maximum absolute atomic E-state index is 12.2. The molecule has 0 unspecified atom stereocenters. The van der Waals surface area contributed by atoms with Crippen molar-refractivity contribution in [1.82, 2.24) is 10.0 Å². The smallest absolute Gasteiger partial charge is 0.287 e. The van der Waals surface area contributed by atoms with Crippen LogP contribution in [-0.2, 0) is 16.6 Å². The van der Waals surface area contributed by atoms with Gasteiger partial charge in [-0.25, -0.2) is 13.1 Å². The SMILES string of the molecule is CC[C@H]1CCC[C@@H](NC(=O)c2ccc(CNS(C)(=O)=O)o2)C1. The van der Waals surface area contributed by atoms with Gasteiger partial charge in [-0.1, -0.05) is 26.2 Å². The molecule has 22 heavy (non-hydrogen) atoms. The molecule has 0 aliphatic heterocycles. The van der Waals surface area contributed by atoms with Crippen LogP contribution in [0.3, 0.4) is 0 Å². The van der Waals surface area contributed by atoms with Crippen LogP contribution in [0.25, 0.3) is 0 Å². The maximum atomic E-state index is 12.2. The Bertz CT molecular complexity index is 609. The van der Waals surface area contributed by atoms with Crippen LogP contribution >= 0.6 is 0 Å². The van der Waals surface area contributed by atoms with Gasteiger partial charge < -0.3 is 9.73 Å². The van der Waals surface area contributed by atoms with Crippen LogP contribution in [-0.4, -0.2) is 26.6 Å². The third-order valence-corrected chi connectivity index (χ3v) is 4.76. The highest BCUT2D eigenvalue weighted by atomic mass is 32.2. The van der Waals surface area contributed by atoms with Crippen LogP contribution in [0.4, 0.5) is 0 Å². The largest absolute Gasteiger partial charge is 0.455 e. The van der Waals surface area contributed by atoms with E-state index in [1.807, 2.05) is 0 Å². The number of sulfonamides is 1. The summed E-state index contributed by atoms with van der Waals surface area (Å²) < 4.78 is 29.8. The van der Waals surface area contributed by atoms with Crippen molar-refractivity contribution >= 4 is 15.9 Å². The molecule has 2 atom stereocenters. The van der Waals surface area contributed by atoms with Crippen molar-refractivity contribution in [3.63, 3.8) is 0 Å². The molecule has 1 aromatic heterocycles. The Hall–Kier alpha value is -1.34. The van der Waals surface area contributed by atoms with Crippen molar-refractivity contribution in [1.29, 1.82) is 0 Å². The Morgan fingerprint density at radius 1 is 1.36 bits per heavy atom. The van der Waals surface area contributed by atoms with Gasteiger partial charge in [0, 0.05) is 6.04 Å². The molecule has 1 aliphatic rings. The zero-order valence-electron chi connectivity index (χ0n) is 13.1. The van der Waals surface area contributed by atoms with E-state index in [1.54, 1.807) is 12.1 Å². The van der Waals surface area contributed by atoms with Gasteiger partial charge in [0.2, 0.25) is 10.0 Å². The molecule has 0 saturated heterocycles. The number of carbonyl (C=O) groups is 1. The summed E-state index contributed by atoms with van der Waals surface area (Å²) in [6, 6.07) is 3.39. The number of hydrogen-bond donors (Lipinski definition) is 2. The monoisotopic (exact) mass is 328 g/mol. The van der Waals surface area contributed by atoms with Crippen molar-refractivity contribution in [3.05, 3.63) is 23.7 Å². The van der Waals surface area contributed by atoms with E-state index in [0.29, 0.717) is 11.7 Å². The number of amides is 1. The lowest BCUT2D eigenvalue weighted by Gasteiger charge is -2.28. The molecular formula is C15H24N2O4S. The van der Waals surface area contributed by atoms with Crippen molar-refractivity contribution in [2.45, 2.75) is 51.6 Å². The summed E-state index contributed by atoms with van der Waals surface area (Å²) in [5, 5.41) is 3.01. The fourth-order valence-electron chi connectivity index (χ4n) is 2.85. The van der Waals surface area contributed by atoms with E-state index < -0.39 is 10.0 Å². The summed E-state index contributed by atoms with van der Waals surface area (Å²) in [6.07, 6.45) is 6.64. The van der Waals surface area contributed by atoms with Crippen LogP contribution in [0.2, 0.25) is 0 Å². The third kappa shape index (κ3) is 5.14. The molecule has 1 fully saturated rings. The standard InChI is InChI=1S/C15H24N2O4S/c1-3-11-5-4-6-12(9-11)17-15(18)14-8-7-13(21-14)10-16-22(2,19)20/h7-8,11-12,16H,3-6,9-10H2,1-2H3,(H,17,18)/t11-,12+/m0/s1. The minimum atomic E-state index is -3.28. The van der Waals surface area contributed by atoms with Gasteiger partial charge in [-0.05, 0) is 30.9 Å². The highest BCUT2D eigenvalue weighted by molar-refractivity contribution is 7.88. The van der Waals surface area contributed by atoms with E-state index in [0.717, 1.165) is 31.9 Å². The average molecular weight is 328 g/mol. The van der Waals surface area contributed by atoms with Gasteiger partial charge in [-0.15, -0.1) is 0 Å². The molecule has 7 heteroatoms. The lowest BCUT2D eigenvalue weighted by Crippen LogP contribution is -2.38. The van der Waals surface area contributed by atoms with Crippen molar-refractivity contribution in [3.8, 4) is 0 Å². The Morgan fingerprint density at radius 3 is 2.82 bits per heavy atom. The average Bonchev–Trinajstić information content (AvgIpc) is 2.94. The normalized spacial score (nSPS) is 22.5. The van der Waals surface area contributed by atoms with Crippen molar-refractivity contribution in [2.24, 2.45) is 5.92 Å². The summed E-state index contributed by atoms with van der Waals surface area (Å²) in [6.45, 7) is 2.23. The molecule has 0 spiro atoms. The van der Waals surface area contributed by atoms with E-state index in [-0.39, 0.29) is 24.3 Å². The van der Waals surface area contributed by atoms with Crippen LogP contribution < -0.4 is 10.0 Å². The summed E-state index contributed by atoms with van der Waals surface area (Å²) in [5.74, 6) is 1.10. The minimum Gasteiger partial charge on any atom is -0.455 e. The molecule has 6 nitrogen and oxygen atoms in total. The van der Waals surface area contributed by atoms with Crippen LogP contribution in [0, 0.1) is 5.92 Å². The first-order valence-corrected chi connectivity index (χ1v) is 9.60. The predicted octanol–water partition coefficient (Wildman–Crippen LogP) is 2.03. The molecular weight excluding hydrogens is 304 g/mol. The highest BCUT2D eigenvalue weighted by Gasteiger charge is 2.23. The third-order valence-electron chi connectivity index (χ3n) is 4.09. The van der Waals surface area contributed by atoms with Gasteiger partial charge in [-0.2, -0.15) is 0 Å². The van der Waals surface area contributed by atoms with Gasteiger partial charge in [0.15, 0.2) is 5.76 Å². The van der Waals surface area contributed by atoms with Gasteiger partial charge in [0.1, 0.15) is 5.76 Å². The fourth-order valence-corrected chi connectivity index (χ4v) is 3.25. The summed E-state index contributed by atoms with van der Waals surface area (Å²) in [4.78, 5) is 12.2. The molecule has 0 radical (unpaired) electrons. The van der Waals surface area contributed by atoms with Crippen LogP contribution in [0.5, 0.6) is 0 Å². The van der Waals surface area contributed by atoms with Gasteiger partial charge in [-0.3, -0.25) is 4.79 Å². The summed E-state index contributed by atoms with van der Waals surface area (Å²) in [5.41, 5.74) is 0. The van der Waals surface area contributed by atoms with Gasteiger partial charge >= 0.3 is 0 Å². The van der Waals surface area contributed by atoms with E-state index in [2.05, 4.69) is 17.0 Å². The number of nitrogens with one attached hydrogen (secondary N) is 2. The molecule has 0 bridgehead atoms. The molecule has 1 heterocycles. The molecule has 2 rings (SSSR count). The Kier molecular flexibility index (Phi) is 5.63. The minimum absolute atomic E-state index is 0.0491. The molecule has 1 aromatic rings. The number of hydrogen-bond acceptors (Lipinski definition) is 4. The summed E-state index contributed by atoms with van der Waals surface area (Å²) in [7, 11) is -3.28. The van der Waals surface area contributed by atoms with E-state index in [1.165, 1.54) is 6.42 Å². The lowest BCUT2D eigenvalue weighted by atomic mass is 9.84. The van der Waals surface area contributed by atoms with Gasteiger partial charge in [0.25, 0.3) is 5.91 Å². The zero-order chi connectivity index (χ0) is 16.2. The van der Waals surface area contributed by atoms with E-state index >= 15 is 0 Å².